The highest BCUT2D eigenvalue weighted by molar-refractivity contribution is 7.98. The van der Waals surface area contributed by atoms with E-state index >= 15 is 0 Å². The van der Waals surface area contributed by atoms with Crippen LogP contribution in [0, 0.1) is 0 Å². The lowest BCUT2D eigenvalue weighted by atomic mass is 10.2. The molecule has 0 bridgehead atoms. The number of aromatic amines is 1. The molecule has 8 heteroatoms. The molecular weight excluding hydrogens is 398 g/mol. The van der Waals surface area contributed by atoms with Gasteiger partial charge in [-0.25, -0.2) is 9.99 Å². The van der Waals surface area contributed by atoms with Crippen molar-refractivity contribution in [3.05, 3.63) is 72.2 Å². The maximum Gasteiger partial charge on any atom is 0.269 e. The van der Waals surface area contributed by atoms with Crippen LogP contribution in [0.25, 0.3) is 11.0 Å². The average molecular weight is 422 g/mol. The second kappa shape index (κ2) is 9.04. The molecule has 1 aromatic heterocycles. The monoisotopic (exact) mass is 421 g/mol. The van der Waals surface area contributed by atoms with E-state index in [0.717, 1.165) is 29.0 Å². The van der Waals surface area contributed by atoms with E-state index in [-0.39, 0.29) is 24.3 Å². The second-order valence-electron chi connectivity index (χ2n) is 6.95. The molecule has 0 saturated heterocycles. The number of aromatic nitrogens is 2. The van der Waals surface area contributed by atoms with Gasteiger partial charge >= 0.3 is 0 Å². The summed E-state index contributed by atoms with van der Waals surface area (Å²) in [6.45, 7) is 0. The molecule has 0 saturated carbocycles. The minimum absolute atomic E-state index is 0.117. The smallest absolute Gasteiger partial charge is 0.269 e. The SMILES string of the molecule is CSCCC(NC(=O)C1=CCC(=O)N(c2ccccc2)N1)c1nc2ccccc2[nH]1. The Labute approximate surface area is 178 Å². The van der Waals surface area contributed by atoms with Crippen LogP contribution >= 0.6 is 11.8 Å². The Balaban J connectivity index is 1.52. The molecule has 1 unspecified atom stereocenters. The van der Waals surface area contributed by atoms with E-state index in [4.69, 9.17) is 0 Å². The van der Waals surface area contributed by atoms with E-state index in [0.29, 0.717) is 11.4 Å². The van der Waals surface area contributed by atoms with Crippen LogP contribution in [0.5, 0.6) is 0 Å². The number of amides is 2. The number of nitrogens with one attached hydrogen (secondary N) is 3. The molecular formula is C22H23N5O2S. The number of rotatable bonds is 7. The van der Waals surface area contributed by atoms with Crippen molar-refractivity contribution in [1.29, 1.82) is 0 Å². The van der Waals surface area contributed by atoms with E-state index < -0.39 is 0 Å². The number of anilines is 1. The quantitative estimate of drug-likeness (QED) is 0.545. The molecule has 0 aliphatic carbocycles. The topological polar surface area (TPSA) is 90.1 Å². The van der Waals surface area contributed by atoms with E-state index in [2.05, 4.69) is 20.7 Å². The number of hydrogen-bond acceptors (Lipinski definition) is 5. The number of thioether (sulfide) groups is 1. The van der Waals surface area contributed by atoms with Gasteiger partial charge in [0.05, 0.1) is 22.8 Å². The third-order valence-corrected chi connectivity index (χ3v) is 5.52. The first-order chi connectivity index (χ1) is 14.7. The van der Waals surface area contributed by atoms with Gasteiger partial charge in [-0.15, -0.1) is 0 Å². The first-order valence-electron chi connectivity index (χ1n) is 9.75. The summed E-state index contributed by atoms with van der Waals surface area (Å²) >= 11 is 1.72. The highest BCUT2D eigenvalue weighted by atomic mass is 32.2. The minimum atomic E-state index is -0.269. The van der Waals surface area contributed by atoms with Crippen LogP contribution < -0.4 is 15.8 Å². The van der Waals surface area contributed by atoms with Gasteiger partial charge in [-0.05, 0) is 48.8 Å². The molecule has 4 rings (SSSR count). The van der Waals surface area contributed by atoms with E-state index in [1.54, 1.807) is 17.8 Å². The van der Waals surface area contributed by atoms with E-state index in [1.165, 1.54) is 5.01 Å². The summed E-state index contributed by atoms with van der Waals surface area (Å²) in [6.07, 6.45) is 4.56. The Morgan fingerprint density at radius 2 is 1.97 bits per heavy atom. The number of imidazole rings is 1. The third-order valence-electron chi connectivity index (χ3n) is 4.88. The standard InChI is InChI=1S/C22H23N5O2S/c1-30-14-13-18(21-23-16-9-5-6-10-17(16)24-21)25-22(29)19-11-12-20(28)27(26-19)15-7-3-2-4-8-15/h2-11,18,26H,12-14H2,1H3,(H,23,24)(H,25,29). The summed E-state index contributed by atoms with van der Waals surface area (Å²) in [5.74, 6) is 1.22. The minimum Gasteiger partial charge on any atom is -0.341 e. The van der Waals surface area contributed by atoms with Crippen molar-refractivity contribution in [2.24, 2.45) is 0 Å². The van der Waals surface area contributed by atoms with Gasteiger partial charge in [0, 0.05) is 6.42 Å². The zero-order valence-corrected chi connectivity index (χ0v) is 17.4. The van der Waals surface area contributed by atoms with Gasteiger partial charge in [0.2, 0.25) is 5.91 Å². The maximum atomic E-state index is 13.0. The molecule has 154 valence electrons. The van der Waals surface area contributed by atoms with Crippen molar-refractivity contribution in [1.82, 2.24) is 20.7 Å². The van der Waals surface area contributed by atoms with Crippen LogP contribution in [-0.4, -0.2) is 33.8 Å². The zero-order valence-electron chi connectivity index (χ0n) is 16.6. The molecule has 30 heavy (non-hydrogen) atoms. The summed E-state index contributed by atoms with van der Waals surface area (Å²) in [5.41, 5.74) is 5.80. The number of para-hydroxylation sites is 3. The van der Waals surface area contributed by atoms with Gasteiger partial charge in [0.15, 0.2) is 0 Å². The number of carbonyl (C=O) groups excluding carboxylic acids is 2. The number of fused-ring (bicyclic) bond motifs is 1. The molecule has 1 atom stereocenters. The summed E-state index contributed by atoms with van der Waals surface area (Å²) < 4.78 is 0. The molecule has 7 nitrogen and oxygen atoms in total. The van der Waals surface area contributed by atoms with E-state index in [9.17, 15) is 9.59 Å². The number of H-pyrrole nitrogens is 1. The Morgan fingerprint density at radius 3 is 2.73 bits per heavy atom. The van der Waals surface area contributed by atoms with Crippen LogP contribution in [-0.2, 0) is 9.59 Å². The molecule has 2 amide bonds. The first kappa shape index (κ1) is 20.0. The third kappa shape index (κ3) is 4.33. The summed E-state index contributed by atoms with van der Waals surface area (Å²) in [5, 5.41) is 4.48. The fourth-order valence-electron chi connectivity index (χ4n) is 3.32. The van der Waals surface area contributed by atoms with Gasteiger partial charge in [-0.2, -0.15) is 11.8 Å². The lowest BCUT2D eigenvalue weighted by Gasteiger charge is -2.29. The highest BCUT2D eigenvalue weighted by Gasteiger charge is 2.26. The Kier molecular flexibility index (Phi) is 6.04. The zero-order chi connectivity index (χ0) is 20.9. The molecule has 0 spiro atoms. The number of nitrogens with zero attached hydrogens (tertiary/aromatic N) is 2. The van der Waals surface area contributed by atoms with Crippen LogP contribution in [0.3, 0.4) is 0 Å². The number of hydrazine groups is 1. The van der Waals surface area contributed by atoms with Crippen LogP contribution in [0.2, 0.25) is 0 Å². The number of carbonyl (C=O) groups is 2. The molecule has 0 fully saturated rings. The second-order valence-corrected chi connectivity index (χ2v) is 7.93. The normalized spacial score (nSPS) is 14.9. The van der Waals surface area contributed by atoms with Crippen molar-refractivity contribution >= 4 is 40.3 Å². The molecule has 2 heterocycles. The predicted molar refractivity (Wildman–Crippen MR) is 120 cm³/mol. The largest absolute Gasteiger partial charge is 0.341 e. The Bertz CT molecular complexity index is 1050. The highest BCUT2D eigenvalue weighted by Crippen LogP contribution is 2.22. The molecule has 2 aromatic carbocycles. The van der Waals surface area contributed by atoms with Crippen molar-refractivity contribution < 1.29 is 9.59 Å². The van der Waals surface area contributed by atoms with Crippen LogP contribution in [0.1, 0.15) is 24.7 Å². The van der Waals surface area contributed by atoms with Crippen molar-refractivity contribution in [3.63, 3.8) is 0 Å². The first-order valence-corrected chi connectivity index (χ1v) is 11.1. The van der Waals surface area contributed by atoms with Crippen LogP contribution in [0.4, 0.5) is 5.69 Å². The Hall–Kier alpha value is -3.26. The van der Waals surface area contributed by atoms with Crippen molar-refractivity contribution in [3.8, 4) is 0 Å². The lowest BCUT2D eigenvalue weighted by Crippen LogP contribution is -2.49. The fraction of sp³-hybridized carbons (Fsp3) is 0.227. The number of benzene rings is 2. The van der Waals surface area contributed by atoms with Crippen molar-refractivity contribution in [2.45, 2.75) is 18.9 Å². The predicted octanol–water partition coefficient (Wildman–Crippen LogP) is 3.30. The molecule has 1 aliphatic heterocycles. The van der Waals surface area contributed by atoms with Gasteiger partial charge in [-0.1, -0.05) is 30.3 Å². The van der Waals surface area contributed by atoms with Gasteiger partial charge in [0.1, 0.15) is 11.5 Å². The van der Waals surface area contributed by atoms with Gasteiger partial charge < -0.3 is 10.3 Å². The summed E-state index contributed by atoms with van der Waals surface area (Å²) in [7, 11) is 0. The number of hydrogen-bond donors (Lipinski definition) is 3. The van der Waals surface area contributed by atoms with Gasteiger partial charge in [-0.3, -0.25) is 15.0 Å². The average Bonchev–Trinajstić information content (AvgIpc) is 3.21. The molecule has 1 aliphatic rings. The van der Waals surface area contributed by atoms with E-state index in [1.807, 2.05) is 60.9 Å². The maximum absolute atomic E-state index is 13.0. The lowest BCUT2D eigenvalue weighted by molar-refractivity contribution is -0.120. The molecule has 0 radical (unpaired) electrons. The molecule has 3 N–H and O–H groups in total. The van der Waals surface area contributed by atoms with Crippen molar-refractivity contribution in [2.75, 3.05) is 17.0 Å². The summed E-state index contributed by atoms with van der Waals surface area (Å²) in [4.78, 5) is 33.3. The van der Waals surface area contributed by atoms with Gasteiger partial charge in [0.25, 0.3) is 5.91 Å². The summed E-state index contributed by atoms with van der Waals surface area (Å²) in [6, 6.07) is 16.8. The Morgan fingerprint density at radius 1 is 1.20 bits per heavy atom. The molecule has 3 aromatic rings. The fourth-order valence-corrected chi connectivity index (χ4v) is 3.80. The van der Waals surface area contributed by atoms with Crippen LogP contribution in [0.15, 0.2) is 66.4 Å².